The molecule has 20 heavy (non-hydrogen) atoms. The predicted octanol–water partition coefficient (Wildman–Crippen LogP) is 2.09. The number of amides is 1. The monoisotopic (exact) mass is 288 g/mol. The van der Waals surface area contributed by atoms with Gasteiger partial charge in [-0.3, -0.25) is 9.78 Å². The SMILES string of the molecule is CC1(O)CCN(C(=O)c2ccc(C(F)(F)F)nc2)CC1. The third kappa shape index (κ3) is 3.27. The van der Waals surface area contributed by atoms with Crippen molar-refractivity contribution in [3.8, 4) is 0 Å². The summed E-state index contributed by atoms with van der Waals surface area (Å²) in [6.07, 6.45) is -2.66. The van der Waals surface area contributed by atoms with E-state index in [2.05, 4.69) is 4.98 Å². The lowest BCUT2D eigenvalue weighted by Crippen LogP contribution is -2.45. The van der Waals surface area contributed by atoms with E-state index in [1.54, 1.807) is 6.92 Å². The molecule has 110 valence electrons. The molecule has 1 amide bonds. The van der Waals surface area contributed by atoms with Crippen LogP contribution >= 0.6 is 0 Å². The molecular weight excluding hydrogens is 273 g/mol. The van der Waals surface area contributed by atoms with Gasteiger partial charge in [-0.25, -0.2) is 0 Å². The molecule has 1 saturated heterocycles. The van der Waals surface area contributed by atoms with Crippen molar-refractivity contribution in [1.29, 1.82) is 0 Å². The van der Waals surface area contributed by atoms with Crippen LogP contribution < -0.4 is 0 Å². The normalized spacial score (nSPS) is 18.9. The van der Waals surface area contributed by atoms with Gasteiger partial charge in [0.1, 0.15) is 5.69 Å². The maximum absolute atomic E-state index is 12.4. The van der Waals surface area contributed by atoms with E-state index >= 15 is 0 Å². The van der Waals surface area contributed by atoms with Crippen LogP contribution in [0.15, 0.2) is 18.3 Å². The molecule has 0 aromatic carbocycles. The highest BCUT2D eigenvalue weighted by Gasteiger charge is 2.33. The molecule has 1 aromatic heterocycles. The van der Waals surface area contributed by atoms with Gasteiger partial charge in [0.2, 0.25) is 0 Å². The number of alkyl halides is 3. The number of rotatable bonds is 1. The minimum atomic E-state index is -4.51. The molecule has 1 aromatic rings. The minimum Gasteiger partial charge on any atom is -0.390 e. The summed E-state index contributed by atoms with van der Waals surface area (Å²) in [6.45, 7) is 2.47. The Bertz CT molecular complexity index is 487. The number of pyridine rings is 1. The van der Waals surface area contributed by atoms with Crippen molar-refractivity contribution in [3.63, 3.8) is 0 Å². The van der Waals surface area contributed by atoms with Crippen LogP contribution in [0.2, 0.25) is 0 Å². The van der Waals surface area contributed by atoms with Crippen LogP contribution in [0.5, 0.6) is 0 Å². The molecule has 2 heterocycles. The van der Waals surface area contributed by atoms with Gasteiger partial charge in [0.15, 0.2) is 0 Å². The molecule has 1 aliphatic rings. The fourth-order valence-electron chi connectivity index (χ4n) is 2.06. The first-order chi connectivity index (χ1) is 9.19. The zero-order valence-electron chi connectivity index (χ0n) is 10.9. The second-order valence-corrected chi connectivity index (χ2v) is 5.22. The molecule has 0 bridgehead atoms. The first kappa shape index (κ1) is 14.8. The molecule has 2 rings (SSSR count). The van der Waals surface area contributed by atoms with Crippen molar-refractivity contribution in [2.75, 3.05) is 13.1 Å². The highest BCUT2D eigenvalue weighted by Crippen LogP contribution is 2.27. The summed E-state index contributed by atoms with van der Waals surface area (Å²) in [5.41, 5.74) is -1.68. The van der Waals surface area contributed by atoms with Gasteiger partial charge < -0.3 is 10.0 Å². The van der Waals surface area contributed by atoms with Gasteiger partial charge in [0.25, 0.3) is 5.91 Å². The van der Waals surface area contributed by atoms with E-state index < -0.39 is 17.5 Å². The van der Waals surface area contributed by atoms with Crippen molar-refractivity contribution < 1.29 is 23.1 Å². The lowest BCUT2D eigenvalue weighted by molar-refractivity contribution is -0.141. The molecule has 0 spiro atoms. The van der Waals surface area contributed by atoms with E-state index in [4.69, 9.17) is 0 Å². The fourth-order valence-corrected chi connectivity index (χ4v) is 2.06. The summed E-state index contributed by atoms with van der Waals surface area (Å²) in [4.78, 5) is 16.9. The van der Waals surface area contributed by atoms with E-state index in [1.807, 2.05) is 0 Å². The number of hydrogen-bond donors (Lipinski definition) is 1. The molecule has 1 aliphatic heterocycles. The van der Waals surface area contributed by atoms with Gasteiger partial charge >= 0.3 is 6.18 Å². The summed E-state index contributed by atoms with van der Waals surface area (Å²) in [5, 5.41) is 9.80. The molecular formula is C13H15F3N2O2. The summed E-state index contributed by atoms with van der Waals surface area (Å²) in [7, 11) is 0. The number of aromatic nitrogens is 1. The number of nitrogens with zero attached hydrogens (tertiary/aromatic N) is 2. The molecule has 4 nitrogen and oxygen atoms in total. The van der Waals surface area contributed by atoms with Crippen LogP contribution in [0, 0.1) is 0 Å². The topological polar surface area (TPSA) is 53.4 Å². The van der Waals surface area contributed by atoms with Crippen molar-refractivity contribution in [3.05, 3.63) is 29.6 Å². The second kappa shape index (κ2) is 5.05. The van der Waals surface area contributed by atoms with Gasteiger partial charge in [-0.1, -0.05) is 0 Å². The first-order valence-electron chi connectivity index (χ1n) is 6.24. The van der Waals surface area contributed by atoms with Crippen LogP contribution in [0.1, 0.15) is 35.8 Å². The van der Waals surface area contributed by atoms with Gasteiger partial charge in [-0.15, -0.1) is 0 Å². The average molecular weight is 288 g/mol. The number of hydrogen-bond acceptors (Lipinski definition) is 3. The molecule has 0 saturated carbocycles. The second-order valence-electron chi connectivity index (χ2n) is 5.22. The van der Waals surface area contributed by atoms with Gasteiger partial charge in [-0.2, -0.15) is 13.2 Å². The van der Waals surface area contributed by atoms with Crippen LogP contribution in [0.25, 0.3) is 0 Å². The van der Waals surface area contributed by atoms with Crippen molar-refractivity contribution in [2.24, 2.45) is 0 Å². The summed E-state index contributed by atoms with van der Waals surface area (Å²) in [5.74, 6) is -0.360. The first-order valence-corrected chi connectivity index (χ1v) is 6.24. The van der Waals surface area contributed by atoms with Crippen LogP contribution in [0.3, 0.4) is 0 Å². The number of likely N-dealkylation sites (tertiary alicyclic amines) is 1. The Morgan fingerprint density at radius 2 is 1.95 bits per heavy atom. The van der Waals surface area contributed by atoms with E-state index in [0.29, 0.717) is 25.9 Å². The zero-order chi connectivity index (χ0) is 15.0. The van der Waals surface area contributed by atoms with Gasteiger partial charge in [0, 0.05) is 19.3 Å². The minimum absolute atomic E-state index is 0.125. The summed E-state index contributed by atoms with van der Waals surface area (Å²) < 4.78 is 37.1. The molecule has 1 fully saturated rings. The quantitative estimate of drug-likeness (QED) is 0.861. The van der Waals surface area contributed by atoms with E-state index in [0.717, 1.165) is 18.3 Å². The Kier molecular flexibility index (Phi) is 3.73. The molecule has 0 aliphatic carbocycles. The maximum atomic E-state index is 12.4. The van der Waals surface area contributed by atoms with Crippen molar-refractivity contribution >= 4 is 5.91 Å². The number of carbonyl (C=O) groups is 1. The highest BCUT2D eigenvalue weighted by molar-refractivity contribution is 5.94. The fraction of sp³-hybridized carbons (Fsp3) is 0.538. The Hall–Kier alpha value is -1.63. The predicted molar refractivity (Wildman–Crippen MR) is 65.0 cm³/mol. The summed E-state index contributed by atoms with van der Waals surface area (Å²) in [6, 6.07) is 1.93. The number of halogens is 3. The van der Waals surface area contributed by atoms with E-state index in [9.17, 15) is 23.1 Å². The van der Waals surface area contributed by atoms with Crippen molar-refractivity contribution in [1.82, 2.24) is 9.88 Å². The van der Waals surface area contributed by atoms with Crippen LogP contribution in [-0.4, -0.2) is 39.6 Å². The lowest BCUT2D eigenvalue weighted by atomic mass is 9.93. The van der Waals surface area contributed by atoms with Crippen LogP contribution in [0.4, 0.5) is 13.2 Å². The zero-order valence-corrected chi connectivity index (χ0v) is 10.9. The summed E-state index contributed by atoms with van der Waals surface area (Å²) >= 11 is 0. The highest BCUT2D eigenvalue weighted by atomic mass is 19.4. The van der Waals surface area contributed by atoms with E-state index in [1.165, 1.54) is 4.90 Å². The molecule has 7 heteroatoms. The third-order valence-electron chi connectivity index (χ3n) is 3.43. The van der Waals surface area contributed by atoms with Crippen molar-refractivity contribution in [2.45, 2.75) is 31.5 Å². The molecule has 1 N–H and O–H groups in total. The number of piperidine rings is 1. The Morgan fingerprint density at radius 1 is 1.35 bits per heavy atom. The van der Waals surface area contributed by atoms with E-state index in [-0.39, 0.29) is 11.5 Å². The number of carbonyl (C=O) groups excluding carboxylic acids is 1. The smallest absolute Gasteiger partial charge is 0.390 e. The Labute approximate surface area is 114 Å². The molecule has 0 unspecified atom stereocenters. The molecule has 0 radical (unpaired) electrons. The lowest BCUT2D eigenvalue weighted by Gasteiger charge is -2.35. The third-order valence-corrected chi connectivity index (χ3v) is 3.43. The largest absolute Gasteiger partial charge is 0.433 e. The molecule has 0 atom stereocenters. The standard InChI is InChI=1S/C13H15F3N2O2/c1-12(20)4-6-18(7-5-12)11(19)9-2-3-10(17-8-9)13(14,15)16/h2-3,8,20H,4-7H2,1H3. The maximum Gasteiger partial charge on any atom is 0.433 e. The Morgan fingerprint density at radius 3 is 2.40 bits per heavy atom. The number of aliphatic hydroxyl groups is 1. The van der Waals surface area contributed by atoms with Crippen LogP contribution in [-0.2, 0) is 6.18 Å². The van der Waals surface area contributed by atoms with Gasteiger partial charge in [-0.05, 0) is 31.9 Å². The van der Waals surface area contributed by atoms with Gasteiger partial charge in [0.05, 0.1) is 11.2 Å². The Balaban J connectivity index is 2.07. The average Bonchev–Trinajstić information content (AvgIpc) is 2.37.